The average Bonchev–Trinajstić information content (AvgIpc) is 3.64. The van der Waals surface area contributed by atoms with Crippen molar-refractivity contribution in [3.8, 4) is 11.4 Å². The predicted molar refractivity (Wildman–Crippen MR) is 142 cm³/mol. The van der Waals surface area contributed by atoms with E-state index in [1.54, 1.807) is 11.0 Å². The summed E-state index contributed by atoms with van der Waals surface area (Å²) in [6.07, 6.45) is 7.34. The number of hydrogen-bond donors (Lipinski definition) is 1. The number of carbonyl (C=O) groups excluding carboxylic acids is 3. The van der Waals surface area contributed by atoms with Gasteiger partial charge in [0.2, 0.25) is 11.8 Å². The number of imide groups is 1. The van der Waals surface area contributed by atoms with Crippen molar-refractivity contribution in [1.82, 2.24) is 29.9 Å². The van der Waals surface area contributed by atoms with E-state index in [1.807, 2.05) is 47.5 Å². The number of pyridine rings is 1. The van der Waals surface area contributed by atoms with Gasteiger partial charge >= 0.3 is 0 Å². The number of fused-ring (bicyclic) bond motifs is 1. The molecule has 6 heterocycles. The minimum absolute atomic E-state index is 0.0451. The fourth-order valence-electron chi connectivity index (χ4n) is 5.88. The summed E-state index contributed by atoms with van der Waals surface area (Å²) in [5.41, 5.74) is 4.56. The lowest BCUT2D eigenvalue weighted by Gasteiger charge is -2.29. The van der Waals surface area contributed by atoms with Crippen LogP contribution in [0.4, 0.5) is 0 Å². The molecule has 0 saturated carbocycles. The van der Waals surface area contributed by atoms with Crippen LogP contribution < -0.4 is 10.1 Å². The quantitative estimate of drug-likeness (QED) is 0.449. The summed E-state index contributed by atoms with van der Waals surface area (Å²) < 4.78 is 13.4. The Balaban J connectivity index is 0.940. The van der Waals surface area contributed by atoms with Crippen molar-refractivity contribution in [1.29, 1.82) is 0 Å². The molecule has 0 radical (unpaired) electrons. The second-order valence-electron chi connectivity index (χ2n) is 11.0. The number of hydrogen-bond acceptors (Lipinski definition) is 8. The van der Waals surface area contributed by atoms with Crippen LogP contribution in [0.25, 0.3) is 5.69 Å². The number of benzene rings is 1. The van der Waals surface area contributed by atoms with Crippen LogP contribution in [-0.4, -0.2) is 80.7 Å². The van der Waals surface area contributed by atoms with Gasteiger partial charge in [0, 0.05) is 61.5 Å². The second kappa shape index (κ2) is 10.1. The molecule has 3 fully saturated rings. The highest BCUT2D eigenvalue weighted by molar-refractivity contribution is 6.05. The van der Waals surface area contributed by atoms with Crippen LogP contribution in [0.5, 0.6) is 5.75 Å². The van der Waals surface area contributed by atoms with Gasteiger partial charge in [0.15, 0.2) is 0 Å². The van der Waals surface area contributed by atoms with Crippen molar-refractivity contribution in [3.63, 3.8) is 0 Å². The normalized spacial score (nSPS) is 23.3. The van der Waals surface area contributed by atoms with Gasteiger partial charge in [-0.15, -0.1) is 0 Å². The molecule has 11 heteroatoms. The highest BCUT2D eigenvalue weighted by Crippen LogP contribution is 2.31. The topological polar surface area (TPSA) is 119 Å². The lowest BCUT2D eigenvalue weighted by Crippen LogP contribution is -2.52. The van der Waals surface area contributed by atoms with Crippen molar-refractivity contribution in [2.75, 3.05) is 26.3 Å². The van der Waals surface area contributed by atoms with E-state index < -0.39 is 11.9 Å². The van der Waals surface area contributed by atoms with Crippen LogP contribution in [0.2, 0.25) is 0 Å². The third-order valence-corrected chi connectivity index (χ3v) is 8.16. The van der Waals surface area contributed by atoms with Gasteiger partial charge in [-0.1, -0.05) is 0 Å². The fourth-order valence-corrected chi connectivity index (χ4v) is 5.88. The Bertz CT molecular complexity index is 1470. The van der Waals surface area contributed by atoms with Gasteiger partial charge in [-0.2, -0.15) is 5.10 Å². The fraction of sp³-hybridized carbons (Fsp3) is 0.414. The van der Waals surface area contributed by atoms with E-state index in [1.165, 1.54) is 0 Å². The third-order valence-electron chi connectivity index (χ3n) is 8.16. The Labute approximate surface area is 231 Å². The van der Waals surface area contributed by atoms with Gasteiger partial charge in [0.25, 0.3) is 5.91 Å². The molecule has 0 spiro atoms. The highest BCUT2D eigenvalue weighted by atomic mass is 16.5. The maximum atomic E-state index is 12.9. The first-order valence-electron chi connectivity index (χ1n) is 13.7. The van der Waals surface area contributed by atoms with Crippen LogP contribution in [0, 0.1) is 0 Å². The second-order valence-corrected chi connectivity index (χ2v) is 11.0. The van der Waals surface area contributed by atoms with Crippen LogP contribution in [-0.2, 0) is 27.4 Å². The number of carbonyl (C=O) groups is 3. The van der Waals surface area contributed by atoms with Gasteiger partial charge < -0.3 is 14.4 Å². The zero-order valence-corrected chi connectivity index (χ0v) is 22.0. The van der Waals surface area contributed by atoms with Crippen molar-refractivity contribution in [2.24, 2.45) is 0 Å². The zero-order chi connectivity index (χ0) is 27.2. The summed E-state index contributed by atoms with van der Waals surface area (Å²) >= 11 is 0. The van der Waals surface area contributed by atoms with E-state index in [2.05, 4.69) is 20.3 Å². The number of aromatic nitrogens is 3. The molecule has 2 aromatic heterocycles. The maximum Gasteiger partial charge on any atom is 0.255 e. The molecule has 3 aromatic rings. The monoisotopic (exact) mass is 542 g/mol. The van der Waals surface area contributed by atoms with Crippen LogP contribution in [0.1, 0.15) is 52.4 Å². The number of likely N-dealkylation sites (tertiary alicyclic amines) is 1. The molecule has 3 saturated heterocycles. The van der Waals surface area contributed by atoms with E-state index in [0.29, 0.717) is 24.4 Å². The Morgan fingerprint density at radius 3 is 2.75 bits per heavy atom. The molecular weight excluding hydrogens is 512 g/mol. The summed E-state index contributed by atoms with van der Waals surface area (Å²) in [4.78, 5) is 45.2. The highest BCUT2D eigenvalue weighted by Gasteiger charge is 2.39. The Kier molecular flexibility index (Phi) is 6.32. The van der Waals surface area contributed by atoms with E-state index in [9.17, 15) is 14.4 Å². The molecule has 1 N–H and O–H groups in total. The zero-order valence-electron chi connectivity index (χ0n) is 22.0. The molecule has 11 nitrogen and oxygen atoms in total. The first-order valence-corrected chi connectivity index (χ1v) is 13.7. The van der Waals surface area contributed by atoms with Crippen LogP contribution >= 0.6 is 0 Å². The van der Waals surface area contributed by atoms with E-state index in [4.69, 9.17) is 9.47 Å². The molecule has 4 aliphatic rings. The number of nitrogens with one attached hydrogen (secondary N) is 1. The SMILES string of the molecule is O=C1CCC(N2Cc3cc(O[C@H]4CCN(Cc5cnn(-c6ccc(C7COC7)nc6)c5)C4)ccc3C2=O)C(=O)N1. The minimum Gasteiger partial charge on any atom is -0.489 e. The Morgan fingerprint density at radius 2 is 1.98 bits per heavy atom. The van der Waals surface area contributed by atoms with Crippen LogP contribution in [0.3, 0.4) is 0 Å². The van der Waals surface area contributed by atoms with Crippen molar-refractivity contribution < 1.29 is 23.9 Å². The number of ether oxygens (including phenoxy) is 2. The Hall–Kier alpha value is -4.09. The van der Waals surface area contributed by atoms with Gasteiger partial charge in [0.05, 0.1) is 31.3 Å². The molecule has 206 valence electrons. The summed E-state index contributed by atoms with van der Waals surface area (Å²) in [6, 6.07) is 8.99. The summed E-state index contributed by atoms with van der Waals surface area (Å²) in [6.45, 7) is 4.32. The Morgan fingerprint density at radius 1 is 1.07 bits per heavy atom. The molecule has 0 aliphatic carbocycles. The number of piperidine rings is 1. The first-order chi connectivity index (χ1) is 19.5. The van der Waals surface area contributed by atoms with Gasteiger partial charge in [-0.05, 0) is 48.7 Å². The standard InChI is InChI=1S/C29H30N6O5/c36-27-6-5-26(28(37)32-27)34-14-19-9-22(2-3-24(19)29(34)38)40-23-7-8-33(15-23)12-18-10-31-35(13-18)21-1-4-25(30-11-21)20-16-39-17-20/h1-4,9-11,13,20,23,26H,5-8,12,14-17H2,(H,32,36,37)/t23-,26?/m0/s1. The lowest BCUT2D eigenvalue weighted by molar-refractivity contribution is -0.136. The average molecular weight is 543 g/mol. The summed E-state index contributed by atoms with van der Waals surface area (Å²) in [5.74, 6) is 0.255. The molecule has 0 bridgehead atoms. The smallest absolute Gasteiger partial charge is 0.255 e. The molecule has 7 rings (SSSR count). The maximum absolute atomic E-state index is 12.9. The number of rotatable bonds is 7. The minimum atomic E-state index is -0.618. The molecule has 4 aliphatic heterocycles. The van der Waals surface area contributed by atoms with Gasteiger partial charge in [0.1, 0.15) is 17.9 Å². The molecule has 2 atom stereocenters. The van der Waals surface area contributed by atoms with Crippen LogP contribution in [0.15, 0.2) is 48.9 Å². The van der Waals surface area contributed by atoms with E-state index in [0.717, 1.165) is 67.5 Å². The summed E-state index contributed by atoms with van der Waals surface area (Å²) in [5, 5.41) is 6.87. The first kappa shape index (κ1) is 24.9. The number of nitrogens with zero attached hydrogens (tertiary/aromatic N) is 5. The molecule has 1 unspecified atom stereocenters. The van der Waals surface area contributed by atoms with Crippen molar-refractivity contribution >= 4 is 17.7 Å². The summed E-state index contributed by atoms with van der Waals surface area (Å²) in [7, 11) is 0. The van der Waals surface area contributed by atoms with Crippen molar-refractivity contribution in [2.45, 2.75) is 50.4 Å². The third kappa shape index (κ3) is 4.75. The largest absolute Gasteiger partial charge is 0.489 e. The van der Waals surface area contributed by atoms with Gasteiger partial charge in [-0.3, -0.25) is 29.6 Å². The molecule has 1 aromatic carbocycles. The predicted octanol–water partition coefficient (Wildman–Crippen LogP) is 1.80. The molecular formula is C29H30N6O5. The van der Waals surface area contributed by atoms with Gasteiger partial charge in [-0.25, -0.2) is 4.68 Å². The van der Waals surface area contributed by atoms with Crippen molar-refractivity contribution in [3.05, 3.63) is 71.3 Å². The van der Waals surface area contributed by atoms with E-state index >= 15 is 0 Å². The van der Waals surface area contributed by atoms with E-state index in [-0.39, 0.29) is 24.3 Å². The molecule has 3 amide bonds. The number of amides is 3. The molecule has 40 heavy (non-hydrogen) atoms. The lowest BCUT2D eigenvalue weighted by atomic mass is 10.0.